The van der Waals surface area contributed by atoms with Gasteiger partial charge in [0.15, 0.2) is 11.6 Å². The van der Waals surface area contributed by atoms with E-state index < -0.39 is 35.4 Å². The summed E-state index contributed by atoms with van der Waals surface area (Å²) in [7, 11) is 0. The fourth-order valence-electron chi connectivity index (χ4n) is 2.44. The van der Waals surface area contributed by atoms with Gasteiger partial charge in [0.1, 0.15) is 12.1 Å². The molecular weight excluding hydrogens is 481 g/mol. The summed E-state index contributed by atoms with van der Waals surface area (Å²) < 4.78 is 56.6. The number of hydrogen-bond donors (Lipinski definition) is 2. The Morgan fingerprint density at radius 1 is 1.19 bits per heavy atom. The van der Waals surface area contributed by atoms with Crippen LogP contribution in [0.5, 0.6) is 5.75 Å². The van der Waals surface area contributed by atoms with Crippen molar-refractivity contribution in [1.82, 2.24) is 30.0 Å². The smallest absolute Gasteiger partial charge is 0.427 e. The summed E-state index contributed by atoms with van der Waals surface area (Å²) in [6, 6.07) is 0.239. The minimum atomic E-state index is -4.80. The number of aromatic nitrogens is 5. The van der Waals surface area contributed by atoms with E-state index in [1.165, 1.54) is 29.6 Å². The largest absolute Gasteiger partial charge is 0.461 e. The van der Waals surface area contributed by atoms with Crippen molar-refractivity contribution < 1.29 is 27.1 Å². The van der Waals surface area contributed by atoms with Crippen LogP contribution in [0.2, 0.25) is 10.0 Å². The Balaban J connectivity index is 1.74. The fraction of sp³-hybridized carbons (Fsp3) is 0.235. The third-order valence-electron chi connectivity index (χ3n) is 3.85. The molecule has 0 saturated carbocycles. The van der Waals surface area contributed by atoms with Gasteiger partial charge in [0.05, 0.1) is 28.0 Å². The van der Waals surface area contributed by atoms with Crippen molar-refractivity contribution >= 4 is 34.9 Å². The monoisotopic (exact) mass is 493 g/mol. The van der Waals surface area contributed by atoms with Gasteiger partial charge in [-0.25, -0.2) is 14.8 Å². The second kappa shape index (κ2) is 9.53. The van der Waals surface area contributed by atoms with E-state index in [0.29, 0.717) is 11.6 Å². The Kier molecular flexibility index (Phi) is 6.99. The molecule has 0 saturated heterocycles. The molecule has 0 fully saturated rings. The maximum Gasteiger partial charge on any atom is 0.461 e. The van der Waals surface area contributed by atoms with E-state index >= 15 is 0 Å². The minimum absolute atomic E-state index is 0.145. The number of halogens is 6. The molecule has 2 heterocycles. The van der Waals surface area contributed by atoms with Gasteiger partial charge in [-0.3, -0.25) is 4.98 Å². The van der Waals surface area contributed by atoms with Crippen molar-refractivity contribution in [1.29, 1.82) is 0 Å². The van der Waals surface area contributed by atoms with Gasteiger partial charge in [0.2, 0.25) is 0 Å². The van der Waals surface area contributed by atoms with Gasteiger partial charge in [-0.1, -0.05) is 23.2 Å². The molecule has 1 aromatic carbocycles. The number of anilines is 1. The molecule has 2 amide bonds. The molecule has 1 atom stereocenters. The fourth-order valence-corrected chi connectivity index (χ4v) is 2.91. The average molecular weight is 494 g/mol. The molecule has 0 aliphatic carbocycles. The van der Waals surface area contributed by atoms with Gasteiger partial charge >= 0.3 is 18.6 Å². The standard InChI is InChI=1S/C17H13Cl2F4N7O2/c1-8(14-26-7-27-30(14)13-6-24-2-3-25-13)28-16(31)29-11-5-12(10(19)4-9(11)18)32-17(22,23)15(20)21/h2-8,15H,1H3,(H2,28,29,31). The first kappa shape index (κ1) is 23.5. The number of rotatable bonds is 7. The zero-order valence-electron chi connectivity index (χ0n) is 15.9. The van der Waals surface area contributed by atoms with Crippen LogP contribution in [0.25, 0.3) is 5.82 Å². The summed E-state index contributed by atoms with van der Waals surface area (Å²) in [6.45, 7) is 1.59. The second-order valence-electron chi connectivity index (χ2n) is 6.14. The Morgan fingerprint density at radius 2 is 1.94 bits per heavy atom. The van der Waals surface area contributed by atoms with Crippen LogP contribution in [0.4, 0.5) is 28.0 Å². The van der Waals surface area contributed by atoms with Gasteiger partial charge < -0.3 is 15.4 Å². The predicted molar refractivity (Wildman–Crippen MR) is 106 cm³/mol. The number of urea groups is 1. The Bertz CT molecular complexity index is 1100. The average Bonchev–Trinajstić information content (AvgIpc) is 3.22. The quantitative estimate of drug-likeness (QED) is 0.469. The van der Waals surface area contributed by atoms with E-state index in [1.54, 1.807) is 6.92 Å². The molecule has 0 aliphatic heterocycles. The van der Waals surface area contributed by atoms with Crippen molar-refractivity contribution in [3.8, 4) is 11.6 Å². The number of amides is 2. The number of alkyl halides is 4. The molecule has 3 rings (SSSR count). The molecule has 32 heavy (non-hydrogen) atoms. The molecule has 15 heteroatoms. The third kappa shape index (κ3) is 5.34. The van der Waals surface area contributed by atoms with E-state index in [1.807, 2.05) is 0 Å². The van der Waals surface area contributed by atoms with E-state index in [4.69, 9.17) is 23.2 Å². The van der Waals surface area contributed by atoms with Crippen molar-refractivity contribution in [2.24, 2.45) is 0 Å². The van der Waals surface area contributed by atoms with Crippen LogP contribution in [-0.4, -0.2) is 43.3 Å². The lowest BCUT2D eigenvalue weighted by Gasteiger charge is -2.19. The van der Waals surface area contributed by atoms with Crippen LogP contribution >= 0.6 is 23.2 Å². The molecule has 170 valence electrons. The third-order valence-corrected chi connectivity index (χ3v) is 4.45. The lowest BCUT2D eigenvalue weighted by Crippen LogP contribution is -2.34. The number of hydrogen-bond acceptors (Lipinski definition) is 6. The molecule has 2 N–H and O–H groups in total. The van der Waals surface area contributed by atoms with E-state index in [0.717, 1.165) is 12.1 Å². The number of carbonyl (C=O) groups excluding carboxylic acids is 1. The van der Waals surface area contributed by atoms with E-state index in [9.17, 15) is 22.4 Å². The Hall–Kier alpha value is -3.19. The number of nitrogens with one attached hydrogen (secondary N) is 2. The van der Waals surface area contributed by atoms with Crippen molar-refractivity contribution in [3.05, 3.63) is 52.9 Å². The van der Waals surface area contributed by atoms with Gasteiger partial charge in [-0.2, -0.15) is 27.3 Å². The summed E-state index contributed by atoms with van der Waals surface area (Å²) in [5.41, 5.74) is -0.212. The van der Waals surface area contributed by atoms with Crippen LogP contribution < -0.4 is 15.4 Å². The minimum Gasteiger partial charge on any atom is -0.427 e. The highest BCUT2D eigenvalue weighted by Crippen LogP contribution is 2.38. The van der Waals surface area contributed by atoms with Gasteiger partial charge in [0, 0.05) is 18.5 Å². The highest BCUT2D eigenvalue weighted by Gasteiger charge is 2.44. The predicted octanol–water partition coefficient (Wildman–Crippen LogP) is 4.48. The molecule has 0 radical (unpaired) electrons. The molecule has 9 nitrogen and oxygen atoms in total. The molecule has 3 aromatic rings. The van der Waals surface area contributed by atoms with E-state index in [-0.39, 0.29) is 10.7 Å². The van der Waals surface area contributed by atoms with Gasteiger partial charge in [-0.05, 0) is 13.0 Å². The zero-order chi connectivity index (χ0) is 23.5. The van der Waals surface area contributed by atoms with E-state index in [2.05, 4.69) is 35.4 Å². The molecule has 0 spiro atoms. The maximum absolute atomic E-state index is 13.2. The van der Waals surface area contributed by atoms with Crippen molar-refractivity contribution in [2.75, 3.05) is 5.32 Å². The van der Waals surface area contributed by atoms with Crippen molar-refractivity contribution in [3.63, 3.8) is 0 Å². The highest BCUT2D eigenvalue weighted by atomic mass is 35.5. The summed E-state index contributed by atoms with van der Waals surface area (Å²) >= 11 is 11.7. The number of benzene rings is 1. The van der Waals surface area contributed by atoms with Crippen LogP contribution in [0.15, 0.2) is 37.1 Å². The first-order valence-electron chi connectivity index (χ1n) is 8.66. The Labute approximate surface area is 187 Å². The molecule has 0 bridgehead atoms. The maximum atomic E-state index is 13.2. The number of nitrogens with zero attached hydrogens (tertiary/aromatic N) is 5. The highest BCUT2D eigenvalue weighted by molar-refractivity contribution is 6.37. The summed E-state index contributed by atoms with van der Waals surface area (Å²) in [4.78, 5) is 24.5. The van der Waals surface area contributed by atoms with Gasteiger partial charge in [-0.15, -0.1) is 0 Å². The zero-order valence-corrected chi connectivity index (χ0v) is 17.5. The van der Waals surface area contributed by atoms with Crippen molar-refractivity contribution in [2.45, 2.75) is 25.5 Å². The van der Waals surface area contributed by atoms with Gasteiger partial charge in [0.25, 0.3) is 0 Å². The first-order valence-corrected chi connectivity index (χ1v) is 9.42. The van der Waals surface area contributed by atoms with Crippen LogP contribution in [0.3, 0.4) is 0 Å². The normalized spacial score (nSPS) is 12.5. The lowest BCUT2D eigenvalue weighted by atomic mass is 10.3. The molecule has 2 aromatic heterocycles. The van der Waals surface area contributed by atoms with Crippen LogP contribution in [0, 0.1) is 0 Å². The molecular formula is C17H13Cl2F4N7O2. The SMILES string of the molecule is CC(NC(=O)Nc1cc(OC(F)(F)C(F)F)c(Cl)cc1Cl)c1ncnn1-c1cnccn1. The Morgan fingerprint density at radius 3 is 2.59 bits per heavy atom. The number of carbonyl (C=O) groups is 1. The second-order valence-corrected chi connectivity index (χ2v) is 6.96. The summed E-state index contributed by atoms with van der Waals surface area (Å²) in [5.74, 6) is -0.132. The van der Waals surface area contributed by atoms with Crippen LogP contribution in [0.1, 0.15) is 18.8 Å². The summed E-state index contributed by atoms with van der Waals surface area (Å²) in [6.07, 6.45) is -3.28. The molecule has 0 aliphatic rings. The number of ether oxygens (including phenoxy) is 1. The molecule has 1 unspecified atom stereocenters. The first-order chi connectivity index (χ1) is 15.1. The topological polar surface area (TPSA) is 107 Å². The lowest BCUT2D eigenvalue weighted by molar-refractivity contribution is -0.253. The van der Waals surface area contributed by atoms with Crippen LogP contribution in [-0.2, 0) is 0 Å². The summed E-state index contributed by atoms with van der Waals surface area (Å²) in [5, 5.41) is 8.28.